The van der Waals surface area contributed by atoms with E-state index in [4.69, 9.17) is 0 Å². The van der Waals surface area contributed by atoms with Crippen molar-refractivity contribution in [1.82, 2.24) is 0 Å². The molecule has 0 aromatic heterocycles. The van der Waals surface area contributed by atoms with Gasteiger partial charge in [-0.3, -0.25) is 0 Å². The van der Waals surface area contributed by atoms with Crippen LogP contribution in [0.2, 0.25) is 0 Å². The first kappa shape index (κ1) is 27.0. The number of allylic oxidation sites excluding steroid dienone is 4. The van der Waals surface area contributed by atoms with Crippen molar-refractivity contribution < 1.29 is 20.4 Å². The zero-order chi connectivity index (χ0) is 18.9. The Hall–Kier alpha value is -0.986. The van der Waals surface area contributed by atoms with Gasteiger partial charge in [0.05, 0.1) is 0 Å². The van der Waals surface area contributed by atoms with Crippen LogP contribution in [-0.4, -0.2) is 0 Å². The van der Waals surface area contributed by atoms with E-state index in [-0.39, 0.29) is 24.8 Å². The van der Waals surface area contributed by atoms with E-state index in [2.05, 4.69) is 120 Å². The summed E-state index contributed by atoms with van der Waals surface area (Å²) in [4.78, 5) is 0. The molecule has 0 radical (unpaired) electrons. The molecule has 0 atom stereocenters. The summed E-state index contributed by atoms with van der Waals surface area (Å²) in [6.45, 7) is 9.91. The summed E-state index contributed by atoms with van der Waals surface area (Å²) in [6, 6.07) is 17.2. The van der Waals surface area contributed by atoms with Gasteiger partial charge in [0.25, 0.3) is 0 Å². The molecule has 0 saturated carbocycles. The molecule has 1 aliphatic rings. The standard InChI is InChI=1S/C19H25N.C5H5.2ClH.Ti/c1-14(2)17-11-8-12-18(15(3)4)19(17)20-13-16-9-6-5-7-10-16;1-2-4-5-3-1;;;/h5-12,14-15,20H,13H2,1-4H3;1-3H,4H2;2*1H;. The van der Waals surface area contributed by atoms with Crippen LogP contribution >= 0.6 is 24.8 Å². The summed E-state index contributed by atoms with van der Waals surface area (Å²) in [6.07, 6.45) is 7.56. The number of rotatable bonds is 5. The molecule has 1 nitrogen and oxygen atoms in total. The topological polar surface area (TPSA) is 12.0 Å². The fraction of sp³-hybridized carbons (Fsp3) is 0.333. The third-order valence-corrected chi connectivity index (χ3v) is 5.04. The van der Waals surface area contributed by atoms with E-state index in [1.165, 1.54) is 32.7 Å². The molecule has 0 unspecified atom stereocenters. The van der Waals surface area contributed by atoms with E-state index in [0.717, 1.165) is 6.54 Å². The summed E-state index contributed by atoms with van der Waals surface area (Å²) >= 11 is 2.14. The van der Waals surface area contributed by atoms with Crippen LogP contribution in [0.15, 0.2) is 70.6 Å². The van der Waals surface area contributed by atoms with E-state index in [9.17, 15) is 0 Å². The quantitative estimate of drug-likeness (QED) is 0.456. The Labute approximate surface area is 195 Å². The molecule has 1 aliphatic carbocycles. The number of nitrogens with one attached hydrogen (secondary N) is 1. The Balaban J connectivity index is 0.000000782. The van der Waals surface area contributed by atoms with Crippen molar-refractivity contribution in [2.24, 2.45) is 0 Å². The zero-order valence-corrected chi connectivity index (χ0v) is 20.4. The van der Waals surface area contributed by atoms with Crippen LogP contribution in [0, 0.1) is 0 Å². The van der Waals surface area contributed by atoms with Gasteiger partial charge in [-0.05, 0) is 28.5 Å². The molecule has 151 valence electrons. The fourth-order valence-corrected chi connectivity index (χ4v) is 3.32. The van der Waals surface area contributed by atoms with Gasteiger partial charge in [0.2, 0.25) is 0 Å². The summed E-state index contributed by atoms with van der Waals surface area (Å²) < 4.78 is 1.47. The van der Waals surface area contributed by atoms with Crippen LogP contribution < -0.4 is 5.32 Å². The number of benzene rings is 2. The van der Waals surface area contributed by atoms with Crippen molar-refractivity contribution in [3.8, 4) is 0 Å². The van der Waals surface area contributed by atoms with Crippen molar-refractivity contribution in [2.75, 3.05) is 5.32 Å². The first-order chi connectivity index (χ1) is 12.5. The van der Waals surface area contributed by atoms with Crippen LogP contribution in [0.3, 0.4) is 0 Å². The molecule has 4 heteroatoms. The molecule has 0 bridgehead atoms. The van der Waals surface area contributed by atoms with Gasteiger partial charge in [0.1, 0.15) is 0 Å². The Bertz CT molecular complexity index is 726. The summed E-state index contributed by atoms with van der Waals surface area (Å²) in [5.74, 6) is 1.07. The molecule has 0 fully saturated rings. The third kappa shape index (κ3) is 8.58. The van der Waals surface area contributed by atoms with Gasteiger partial charge in [-0.2, -0.15) is 0 Å². The van der Waals surface area contributed by atoms with Gasteiger partial charge in [0, 0.05) is 12.2 Å². The second-order valence-electron chi connectivity index (χ2n) is 7.28. The van der Waals surface area contributed by atoms with Gasteiger partial charge in [-0.15, -0.1) is 24.8 Å². The summed E-state index contributed by atoms with van der Waals surface area (Å²) in [5, 5.41) is 3.66. The summed E-state index contributed by atoms with van der Waals surface area (Å²) in [7, 11) is 0. The van der Waals surface area contributed by atoms with E-state index in [1.54, 1.807) is 0 Å². The predicted molar refractivity (Wildman–Crippen MR) is 125 cm³/mol. The monoisotopic (exact) mass is 452 g/mol. The van der Waals surface area contributed by atoms with Gasteiger partial charge >= 0.3 is 49.0 Å². The van der Waals surface area contributed by atoms with Crippen LogP contribution in [0.4, 0.5) is 5.69 Å². The van der Waals surface area contributed by atoms with Crippen LogP contribution in [0.25, 0.3) is 0 Å². The molecule has 2 aromatic rings. The Kier molecular flexibility index (Phi) is 13.6. The zero-order valence-electron chi connectivity index (χ0n) is 17.2. The van der Waals surface area contributed by atoms with Crippen molar-refractivity contribution >= 4 is 30.5 Å². The number of halogens is 2. The van der Waals surface area contributed by atoms with Crippen LogP contribution in [-0.2, 0) is 27.0 Å². The predicted octanol–water partition coefficient (Wildman–Crippen LogP) is 7.77. The minimum absolute atomic E-state index is 0. The summed E-state index contributed by atoms with van der Waals surface area (Å²) in [5.41, 5.74) is 5.46. The molecule has 0 saturated heterocycles. The minimum atomic E-state index is 0. The van der Waals surface area contributed by atoms with Crippen LogP contribution in [0.1, 0.15) is 62.6 Å². The van der Waals surface area contributed by atoms with E-state index >= 15 is 0 Å². The van der Waals surface area contributed by atoms with Crippen molar-refractivity contribution in [3.05, 3.63) is 87.3 Å². The molecule has 28 heavy (non-hydrogen) atoms. The van der Waals surface area contributed by atoms with Gasteiger partial charge in [0.15, 0.2) is 0 Å². The van der Waals surface area contributed by atoms with Gasteiger partial charge in [-0.25, -0.2) is 0 Å². The van der Waals surface area contributed by atoms with E-state index in [0.29, 0.717) is 11.8 Å². The van der Waals surface area contributed by atoms with Crippen molar-refractivity contribution in [2.45, 2.75) is 52.5 Å². The Morgan fingerprint density at radius 2 is 1.43 bits per heavy atom. The molecule has 2 aromatic carbocycles. The Morgan fingerprint density at radius 3 is 1.82 bits per heavy atom. The Morgan fingerprint density at radius 1 is 0.857 bits per heavy atom. The second kappa shape index (κ2) is 14.1. The SMILES string of the molecule is CC(C)c1cccc(C(C)C)c1NCc1ccccc1.Cl.Cl.[Ti][C]1=CC=CC1. The molecular weight excluding hydrogens is 421 g/mol. The molecular formula is C24H32Cl2NTi. The first-order valence-corrected chi connectivity index (χ1v) is 10.2. The molecule has 0 amide bonds. The molecule has 0 spiro atoms. The number of para-hydroxylation sites is 1. The molecule has 3 rings (SSSR count). The normalized spacial score (nSPS) is 11.8. The number of hydrogen-bond donors (Lipinski definition) is 1. The van der Waals surface area contributed by atoms with Gasteiger partial charge < -0.3 is 5.32 Å². The first-order valence-electron chi connectivity index (χ1n) is 9.47. The van der Waals surface area contributed by atoms with Crippen molar-refractivity contribution in [3.63, 3.8) is 0 Å². The average Bonchev–Trinajstić information content (AvgIpc) is 3.12. The number of anilines is 1. The maximum atomic E-state index is 3.66. The third-order valence-electron chi connectivity index (χ3n) is 4.46. The van der Waals surface area contributed by atoms with E-state index in [1.807, 2.05) is 0 Å². The molecule has 0 aliphatic heterocycles. The van der Waals surface area contributed by atoms with Crippen molar-refractivity contribution in [1.29, 1.82) is 0 Å². The fourth-order valence-electron chi connectivity index (χ4n) is 2.99. The molecule has 1 N–H and O–H groups in total. The second-order valence-corrected chi connectivity index (χ2v) is 8.29. The maximum absolute atomic E-state index is 3.66. The number of hydrogen-bond acceptors (Lipinski definition) is 1. The van der Waals surface area contributed by atoms with Gasteiger partial charge in [-0.1, -0.05) is 76.2 Å². The average molecular weight is 453 g/mol. The van der Waals surface area contributed by atoms with Crippen LogP contribution in [0.5, 0.6) is 0 Å². The molecule has 0 heterocycles. The van der Waals surface area contributed by atoms with E-state index < -0.39 is 0 Å².